The summed E-state index contributed by atoms with van der Waals surface area (Å²) in [7, 11) is 2.30. The smallest absolute Gasteiger partial charge is 0.333 e. The number of unbranched alkanes of at least 4 members (excludes halogenated alkanes) is 2. The minimum Gasteiger partial charge on any atom is -0.492 e. The van der Waals surface area contributed by atoms with Crippen molar-refractivity contribution >= 4 is 35.4 Å². The Morgan fingerprint density at radius 2 is 1.33 bits per heavy atom. The van der Waals surface area contributed by atoms with Crippen molar-refractivity contribution in [3.8, 4) is 16.9 Å². The summed E-state index contributed by atoms with van der Waals surface area (Å²) < 4.78 is 54.1. The second kappa shape index (κ2) is 27.1. The molecule has 0 bridgehead atoms. The van der Waals surface area contributed by atoms with Crippen LogP contribution in [-0.2, 0) is 63.6 Å². The monoisotopic (exact) mass is 880 g/mol. The van der Waals surface area contributed by atoms with Crippen molar-refractivity contribution < 1.29 is 66.3 Å². The van der Waals surface area contributed by atoms with E-state index in [2.05, 4.69) is 29.6 Å². The van der Waals surface area contributed by atoms with Crippen LogP contribution in [0.25, 0.3) is 11.1 Å². The minimum absolute atomic E-state index is 0.0704. The number of aryl methyl sites for hydroxylation is 1. The third-order valence-electron chi connectivity index (χ3n) is 10.9. The van der Waals surface area contributed by atoms with Gasteiger partial charge in [-0.3, -0.25) is 19.2 Å². The van der Waals surface area contributed by atoms with E-state index >= 15 is 4.39 Å². The van der Waals surface area contributed by atoms with E-state index in [4.69, 9.17) is 23.7 Å². The Morgan fingerprint density at radius 1 is 0.730 bits per heavy atom. The fourth-order valence-electron chi connectivity index (χ4n) is 7.27. The first-order chi connectivity index (χ1) is 30.1. The minimum atomic E-state index is -1.38. The number of methoxy groups -OCH3 is 2. The second-order valence-corrected chi connectivity index (χ2v) is 16.5. The number of carbonyl (C=O) groups excluding carboxylic acids is 6. The van der Waals surface area contributed by atoms with E-state index in [1.807, 2.05) is 18.2 Å². The first-order valence-corrected chi connectivity index (χ1v) is 21.6. The van der Waals surface area contributed by atoms with Crippen molar-refractivity contribution in [3.05, 3.63) is 77.6 Å². The predicted octanol–water partition coefficient (Wildman–Crippen LogP) is 8.18. The molecule has 346 valence electrons. The third-order valence-corrected chi connectivity index (χ3v) is 10.9. The molecular weight excluding hydrogens is 816 g/mol. The molecule has 0 radical (unpaired) electrons. The average Bonchev–Trinajstić information content (AvgIpc) is 3.26. The number of Topliss-reactive ketones (excluding diaryl/α,β-unsaturated/α-hetero) is 2. The number of rotatable bonds is 29. The SMILES string of the molecule is C=C(C)C(=O)OCCCc1cc(-c2ccc(C3CCC(CCCCC)CC3)cc2F)ccc1OCC(COCC(=O)CC(=O)OC)(COCC(=O)CC(=O)OC)COC(=O)C(=C)C. The first-order valence-electron chi connectivity index (χ1n) is 21.6. The molecule has 0 atom stereocenters. The van der Waals surface area contributed by atoms with E-state index in [1.165, 1.54) is 32.6 Å². The fourth-order valence-corrected chi connectivity index (χ4v) is 7.27. The van der Waals surface area contributed by atoms with Gasteiger partial charge in [-0.2, -0.15) is 0 Å². The molecule has 3 rings (SSSR count). The molecule has 14 heteroatoms. The zero-order valence-corrected chi connectivity index (χ0v) is 37.7. The highest BCUT2D eigenvalue weighted by atomic mass is 19.1. The van der Waals surface area contributed by atoms with Crippen LogP contribution in [0.4, 0.5) is 4.39 Å². The summed E-state index contributed by atoms with van der Waals surface area (Å²) in [5.74, 6) is -2.88. The molecule has 0 heterocycles. The lowest BCUT2D eigenvalue weighted by Crippen LogP contribution is -2.44. The normalized spacial score (nSPS) is 14.9. The molecule has 0 aliphatic heterocycles. The van der Waals surface area contributed by atoms with E-state index in [0.717, 1.165) is 51.4 Å². The van der Waals surface area contributed by atoms with Crippen LogP contribution in [0, 0.1) is 17.2 Å². The van der Waals surface area contributed by atoms with Crippen LogP contribution < -0.4 is 4.74 Å². The molecule has 13 nitrogen and oxygen atoms in total. The van der Waals surface area contributed by atoms with Gasteiger partial charge in [-0.15, -0.1) is 0 Å². The summed E-state index contributed by atoms with van der Waals surface area (Å²) in [6.07, 6.45) is 9.02. The van der Waals surface area contributed by atoms with Gasteiger partial charge in [0.2, 0.25) is 0 Å². The standard InChI is InChI=1S/C49H65FO13/c1-8-9-10-12-35-14-16-36(17-15-35)37-18-20-42(43(50)24-37)38-19-21-44(39(23-38)13-11-22-61-47(55)33(2)3)62-31-49(32-63-48(56)34(4)5,29-59-27-40(51)25-45(53)57-6)30-60-28-41(52)26-46(54)58-7/h18-21,23-24,35-36H,2,4,8-17,22,25-32H2,1,3,5-7H3. The molecule has 0 N–H and O–H groups in total. The summed E-state index contributed by atoms with van der Waals surface area (Å²) in [5.41, 5.74) is 1.61. The Morgan fingerprint density at radius 3 is 1.89 bits per heavy atom. The van der Waals surface area contributed by atoms with Gasteiger partial charge < -0.3 is 33.2 Å². The van der Waals surface area contributed by atoms with Crippen molar-refractivity contribution in [2.75, 3.05) is 60.5 Å². The van der Waals surface area contributed by atoms with Crippen LogP contribution >= 0.6 is 0 Å². The predicted molar refractivity (Wildman–Crippen MR) is 233 cm³/mol. The van der Waals surface area contributed by atoms with Crippen LogP contribution in [0.5, 0.6) is 5.75 Å². The summed E-state index contributed by atoms with van der Waals surface area (Å²) >= 11 is 0. The molecule has 63 heavy (non-hydrogen) atoms. The fraction of sp³-hybridized carbons (Fsp3) is 0.551. The Hall–Kier alpha value is -5.21. The number of benzene rings is 2. The van der Waals surface area contributed by atoms with Crippen LogP contribution in [0.1, 0.15) is 108 Å². The topological polar surface area (TPSA) is 167 Å². The number of esters is 4. The number of ether oxygens (including phenoxy) is 7. The van der Waals surface area contributed by atoms with Crippen LogP contribution in [0.3, 0.4) is 0 Å². The highest BCUT2D eigenvalue weighted by Crippen LogP contribution is 2.39. The van der Waals surface area contributed by atoms with Gasteiger partial charge in [0.05, 0.1) is 39.5 Å². The molecule has 0 unspecified atom stereocenters. The van der Waals surface area contributed by atoms with E-state index < -0.39 is 73.5 Å². The Balaban J connectivity index is 1.94. The summed E-state index contributed by atoms with van der Waals surface area (Å²) in [5, 5.41) is 0. The van der Waals surface area contributed by atoms with Crippen LogP contribution in [0.15, 0.2) is 60.7 Å². The molecule has 1 aliphatic carbocycles. The number of carbonyl (C=O) groups is 6. The van der Waals surface area contributed by atoms with Crippen molar-refractivity contribution in [2.24, 2.45) is 11.3 Å². The maximum atomic E-state index is 16.0. The molecule has 0 saturated heterocycles. The largest absolute Gasteiger partial charge is 0.492 e. The van der Waals surface area contributed by atoms with E-state index in [9.17, 15) is 28.8 Å². The van der Waals surface area contributed by atoms with E-state index in [0.29, 0.717) is 41.2 Å². The van der Waals surface area contributed by atoms with Gasteiger partial charge in [0, 0.05) is 16.7 Å². The lowest BCUT2D eigenvalue weighted by Gasteiger charge is -2.33. The second-order valence-electron chi connectivity index (χ2n) is 16.5. The highest BCUT2D eigenvalue weighted by Gasteiger charge is 2.36. The number of hydrogen-bond acceptors (Lipinski definition) is 13. The lowest BCUT2D eigenvalue weighted by molar-refractivity contribution is -0.153. The molecule has 1 fully saturated rings. The number of halogens is 1. The van der Waals surface area contributed by atoms with Crippen molar-refractivity contribution in [1.82, 2.24) is 0 Å². The van der Waals surface area contributed by atoms with Gasteiger partial charge in [0.25, 0.3) is 0 Å². The maximum Gasteiger partial charge on any atom is 0.333 e. The molecule has 0 amide bonds. The van der Waals surface area contributed by atoms with Crippen molar-refractivity contribution in [3.63, 3.8) is 0 Å². The number of hydrogen-bond donors (Lipinski definition) is 0. The summed E-state index contributed by atoms with van der Waals surface area (Å²) in [6.45, 7) is 10.2. The molecule has 1 saturated carbocycles. The van der Waals surface area contributed by atoms with E-state index in [1.54, 1.807) is 25.1 Å². The van der Waals surface area contributed by atoms with Gasteiger partial charge in [0.1, 0.15) is 50.8 Å². The lowest BCUT2D eigenvalue weighted by atomic mass is 9.77. The Bertz CT molecular complexity index is 1860. The average molecular weight is 881 g/mol. The number of ketones is 2. The third kappa shape index (κ3) is 18.2. The first kappa shape index (κ1) is 52.1. The molecular formula is C49H65FO13. The Labute approximate surface area is 371 Å². The Kier molecular flexibility index (Phi) is 22.4. The summed E-state index contributed by atoms with van der Waals surface area (Å²) in [6, 6.07) is 10.7. The molecule has 0 spiro atoms. The van der Waals surface area contributed by atoms with Gasteiger partial charge >= 0.3 is 23.9 Å². The van der Waals surface area contributed by atoms with Gasteiger partial charge in [-0.05, 0) is 99.1 Å². The maximum absolute atomic E-state index is 16.0. The molecule has 0 aromatic heterocycles. The van der Waals surface area contributed by atoms with Gasteiger partial charge in [-0.25, -0.2) is 14.0 Å². The van der Waals surface area contributed by atoms with Crippen molar-refractivity contribution in [1.29, 1.82) is 0 Å². The molecule has 2 aromatic carbocycles. The zero-order chi connectivity index (χ0) is 46.4. The van der Waals surface area contributed by atoms with Crippen LogP contribution in [-0.4, -0.2) is 95.9 Å². The van der Waals surface area contributed by atoms with Gasteiger partial charge in [-0.1, -0.05) is 64.0 Å². The quantitative estimate of drug-likeness (QED) is 0.0253. The summed E-state index contributed by atoms with van der Waals surface area (Å²) in [4.78, 5) is 73.2. The molecule has 2 aromatic rings. The zero-order valence-electron chi connectivity index (χ0n) is 37.7. The van der Waals surface area contributed by atoms with E-state index in [-0.39, 0.29) is 43.4 Å². The highest BCUT2D eigenvalue weighted by molar-refractivity contribution is 5.96. The molecule has 1 aliphatic rings. The van der Waals surface area contributed by atoms with Crippen molar-refractivity contribution in [2.45, 2.75) is 104 Å². The van der Waals surface area contributed by atoms with Crippen LogP contribution in [0.2, 0.25) is 0 Å². The van der Waals surface area contributed by atoms with Gasteiger partial charge in [0.15, 0.2) is 11.6 Å².